The summed E-state index contributed by atoms with van der Waals surface area (Å²) in [5, 5.41) is 0. The van der Waals surface area contributed by atoms with Crippen molar-refractivity contribution < 1.29 is 22.0 Å². The number of rotatable bonds is 1. The second kappa shape index (κ2) is 2.11. The zero-order valence-electron chi connectivity index (χ0n) is 6.34. The molecular formula is C6H6F5N. The van der Waals surface area contributed by atoms with Crippen molar-refractivity contribution in [2.45, 2.75) is 11.8 Å². The minimum atomic E-state index is -4.63. The average molecular weight is 187 g/mol. The molecule has 0 aromatic carbocycles. The second-order valence-electron chi connectivity index (χ2n) is 2.71. The van der Waals surface area contributed by atoms with E-state index in [4.69, 9.17) is 0 Å². The molecule has 0 spiro atoms. The van der Waals surface area contributed by atoms with Gasteiger partial charge in [-0.1, -0.05) is 0 Å². The molecule has 0 heterocycles. The van der Waals surface area contributed by atoms with Gasteiger partial charge in [0, 0.05) is 14.1 Å². The molecule has 0 amide bonds. The Hall–Kier alpha value is -0.810. The van der Waals surface area contributed by atoms with Crippen LogP contribution >= 0.6 is 0 Å². The van der Waals surface area contributed by atoms with Gasteiger partial charge in [-0.15, -0.1) is 0 Å². The highest BCUT2D eigenvalue weighted by molar-refractivity contribution is 5.38. The lowest BCUT2D eigenvalue weighted by molar-refractivity contribution is -0.215. The fourth-order valence-electron chi connectivity index (χ4n) is 0.988. The van der Waals surface area contributed by atoms with Crippen molar-refractivity contribution in [1.29, 1.82) is 0 Å². The Balaban J connectivity index is 3.12. The summed E-state index contributed by atoms with van der Waals surface area (Å²) in [6.07, 6.45) is 0. The van der Waals surface area contributed by atoms with E-state index in [9.17, 15) is 22.0 Å². The SMILES string of the molecule is CN(C)C1=C(F)C(F)(F)C1(F)F. The molecule has 0 bridgehead atoms. The van der Waals surface area contributed by atoms with Gasteiger partial charge in [-0.25, -0.2) is 4.39 Å². The van der Waals surface area contributed by atoms with Crippen LogP contribution in [0.3, 0.4) is 0 Å². The monoisotopic (exact) mass is 187 g/mol. The van der Waals surface area contributed by atoms with Crippen molar-refractivity contribution in [3.05, 3.63) is 11.5 Å². The standard InChI is InChI=1S/C6H6F5N/c1-12(2)4-3(7)5(8,9)6(4,10)11/h1-2H3. The molecule has 0 aromatic rings. The van der Waals surface area contributed by atoms with Gasteiger partial charge < -0.3 is 4.90 Å². The molecule has 6 heteroatoms. The fraction of sp³-hybridized carbons (Fsp3) is 0.667. The van der Waals surface area contributed by atoms with Crippen LogP contribution in [0.25, 0.3) is 0 Å². The van der Waals surface area contributed by atoms with Crippen LogP contribution in [0, 0.1) is 0 Å². The lowest BCUT2D eigenvalue weighted by atomic mass is 9.93. The van der Waals surface area contributed by atoms with Crippen LogP contribution in [0.15, 0.2) is 11.5 Å². The van der Waals surface area contributed by atoms with E-state index in [0.717, 1.165) is 14.1 Å². The third kappa shape index (κ3) is 0.776. The summed E-state index contributed by atoms with van der Waals surface area (Å²) in [6, 6.07) is 0. The van der Waals surface area contributed by atoms with Crippen LogP contribution in [0.1, 0.15) is 0 Å². The van der Waals surface area contributed by atoms with Gasteiger partial charge in [0.2, 0.25) is 5.83 Å². The van der Waals surface area contributed by atoms with Crippen LogP contribution < -0.4 is 0 Å². The Morgan fingerprint density at radius 3 is 1.58 bits per heavy atom. The van der Waals surface area contributed by atoms with Gasteiger partial charge in [-0.05, 0) is 0 Å². The molecular weight excluding hydrogens is 181 g/mol. The Morgan fingerprint density at radius 1 is 1.00 bits per heavy atom. The summed E-state index contributed by atoms with van der Waals surface area (Å²) in [6.45, 7) is 0. The van der Waals surface area contributed by atoms with E-state index in [-0.39, 0.29) is 0 Å². The zero-order valence-corrected chi connectivity index (χ0v) is 6.34. The molecule has 0 N–H and O–H groups in total. The maximum absolute atomic E-state index is 12.4. The lowest BCUT2D eigenvalue weighted by Crippen LogP contribution is -2.56. The summed E-state index contributed by atoms with van der Waals surface area (Å²) in [5.74, 6) is -11.1. The van der Waals surface area contributed by atoms with Crippen molar-refractivity contribution in [3.63, 3.8) is 0 Å². The van der Waals surface area contributed by atoms with Crippen molar-refractivity contribution in [3.8, 4) is 0 Å². The summed E-state index contributed by atoms with van der Waals surface area (Å²) in [5.41, 5.74) is -1.24. The van der Waals surface area contributed by atoms with Gasteiger partial charge in [0.05, 0.1) is 0 Å². The quantitative estimate of drug-likeness (QED) is 0.567. The number of nitrogens with zero attached hydrogens (tertiary/aromatic N) is 1. The number of alkyl halides is 4. The highest BCUT2D eigenvalue weighted by Gasteiger charge is 2.73. The third-order valence-corrected chi connectivity index (χ3v) is 1.62. The van der Waals surface area contributed by atoms with E-state index in [1.165, 1.54) is 0 Å². The molecule has 0 saturated heterocycles. The summed E-state index contributed by atoms with van der Waals surface area (Å²) in [4.78, 5) is 0.646. The van der Waals surface area contributed by atoms with Crippen LogP contribution in [0.4, 0.5) is 22.0 Å². The minimum absolute atomic E-state index is 0.646. The van der Waals surface area contributed by atoms with Crippen molar-refractivity contribution in [1.82, 2.24) is 4.90 Å². The molecule has 0 aromatic heterocycles. The number of hydrogen-bond acceptors (Lipinski definition) is 1. The largest absolute Gasteiger partial charge is 0.374 e. The highest BCUT2D eigenvalue weighted by Crippen LogP contribution is 2.56. The molecule has 12 heavy (non-hydrogen) atoms. The third-order valence-electron chi connectivity index (χ3n) is 1.62. The molecule has 1 aliphatic carbocycles. The average Bonchev–Trinajstić information content (AvgIpc) is 1.85. The van der Waals surface area contributed by atoms with Crippen LogP contribution in [0.2, 0.25) is 0 Å². The summed E-state index contributed by atoms with van der Waals surface area (Å²) >= 11 is 0. The maximum Gasteiger partial charge on any atom is 0.368 e. The predicted molar refractivity (Wildman–Crippen MR) is 31.7 cm³/mol. The first-order valence-electron chi connectivity index (χ1n) is 3.06. The normalized spacial score (nSPS) is 25.2. The molecule has 0 unspecified atom stereocenters. The molecule has 0 fully saturated rings. The van der Waals surface area contributed by atoms with Crippen LogP contribution in [-0.2, 0) is 0 Å². The van der Waals surface area contributed by atoms with Crippen molar-refractivity contribution >= 4 is 0 Å². The summed E-state index contributed by atoms with van der Waals surface area (Å²) in [7, 11) is 2.16. The number of halogens is 5. The Kier molecular flexibility index (Phi) is 1.63. The van der Waals surface area contributed by atoms with E-state index in [1.807, 2.05) is 0 Å². The second-order valence-corrected chi connectivity index (χ2v) is 2.71. The van der Waals surface area contributed by atoms with Gasteiger partial charge in [0.25, 0.3) is 0 Å². The molecule has 0 aliphatic heterocycles. The number of hydrogen-bond donors (Lipinski definition) is 0. The zero-order chi connectivity index (χ0) is 9.73. The predicted octanol–water partition coefficient (Wildman–Crippen LogP) is 2.01. The van der Waals surface area contributed by atoms with E-state index < -0.39 is 23.4 Å². The van der Waals surface area contributed by atoms with Gasteiger partial charge in [0.15, 0.2) is 0 Å². The molecule has 0 saturated carbocycles. The molecule has 0 atom stereocenters. The molecule has 70 valence electrons. The van der Waals surface area contributed by atoms with Crippen LogP contribution in [0.5, 0.6) is 0 Å². The van der Waals surface area contributed by atoms with Crippen molar-refractivity contribution in [2.75, 3.05) is 14.1 Å². The van der Waals surface area contributed by atoms with Gasteiger partial charge in [0.1, 0.15) is 5.70 Å². The van der Waals surface area contributed by atoms with E-state index in [0.29, 0.717) is 4.90 Å². The molecule has 1 rings (SSSR count). The van der Waals surface area contributed by atoms with Crippen LogP contribution in [-0.4, -0.2) is 30.8 Å². The Bertz CT molecular complexity index is 242. The first kappa shape index (κ1) is 9.28. The van der Waals surface area contributed by atoms with E-state index >= 15 is 0 Å². The lowest BCUT2D eigenvalue weighted by Gasteiger charge is -2.39. The maximum atomic E-state index is 12.4. The van der Waals surface area contributed by atoms with Gasteiger partial charge in [-0.2, -0.15) is 17.6 Å². The Morgan fingerprint density at radius 2 is 1.42 bits per heavy atom. The summed E-state index contributed by atoms with van der Waals surface area (Å²) < 4.78 is 61.3. The van der Waals surface area contributed by atoms with Crippen molar-refractivity contribution in [2.24, 2.45) is 0 Å². The molecule has 1 nitrogen and oxygen atoms in total. The fourth-order valence-corrected chi connectivity index (χ4v) is 0.988. The van der Waals surface area contributed by atoms with Gasteiger partial charge in [-0.3, -0.25) is 0 Å². The first-order valence-corrected chi connectivity index (χ1v) is 3.06. The molecule has 0 radical (unpaired) electrons. The van der Waals surface area contributed by atoms with Gasteiger partial charge >= 0.3 is 11.8 Å². The van der Waals surface area contributed by atoms with E-state index in [1.54, 1.807) is 0 Å². The number of allylic oxidation sites excluding steroid dienone is 2. The first-order chi connectivity index (χ1) is 5.23. The highest BCUT2D eigenvalue weighted by atomic mass is 19.3. The topological polar surface area (TPSA) is 3.24 Å². The minimum Gasteiger partial charge on any atom is -0.374 e. The van der Waals surface area contributed by atoms with E-state index in [2.05, 4.69) is 0 Å². The Labute approximate surface area is 65.5 Å². The molecule has 1 aliphatic rings. The smallest absolute Gasteiger partial charge is 0.368 e.